The molecule has 0 saturated carbocycles. The molecule has 2 heterocycles. The number of nitrogens with one attached hydrogen (secondary N) is 1. The van der Waals surface area contributed by atoms with E-state index in [1.807, 2.05) is 47.2 Å². The van der Waals surface area contributed by atoms with E-state index in [-0.39, 0.29) is 17.4 Å². The van der Waals surface area contributed by atoms with E-state index in [1.165, 1.54) is 18.7 Å². The van der Waals surface area contributed by atoms with Gasteiger partial charge in [0.1, 0.15) is 5.03 Å². The average molecular weight is 430 g/mol. The van der Waals surface area contributed by atoms with Crippen LogP contribution < -0.4 is 5.32 Å². The molecule has 0 saturated heterocycles. The smallest absolute Gasteiger partial charge is 0.234 e. The first-order valence-corrected chi connectivity index (χ1v) is 10.5. The highest BCUT2D eigenvalue weighted by molar-refractivity contribution is 7.99. The monoisotopic (exact) mass is 429 g/mol. The summed E-state index contributed by atoms with van der Waals surface area (Å²) < 4.78 is 1.93. The van der Waals surface area contributed by atoms with Crippen molar-refractivity contribution < 1.29 is 9.59 Å². The highest BCUT2D eigenvalue weighted by Gasteiger charge is 2.08. The van der Waals surface area contributed by atoms with Crippen LogP contribution >= 0.6 is 11.8 Å². The number of Topliss-reactive ketones (excluding diaryl/α,β-unsaturated/α-hetero) is 1. The molecular formula is C23H19N5O2S. The maximum Gasteiger partial charge on any atom is 0.234 e. The van der Waals surface area contributed by atoms with E-state index < -0.39 is 0 Å². The Morgan fingerprint density at radius 2 is 1.87 bits per heavy atom. The topological polar surface area (TPSA) is 89.8 Å². The number of imidazole rings is 1. The molecule has 4 aromatic rings. The zero-order chi connectivity index (χ0) is 21.6. The van der Waals surface area contributed by atoms with E-state index in [1.54, 1.807) is 36.8 Å². The van der Waals surface area contributed by atoms with Crippen LogP contribution in [0.1, 0.15) is 17.3 Å². The van der Waals surface area contributed by atoms with Gasteiger partial charge < -0.3 is 9.88 Å². The lowest BCUT2D eigenvalue weighted by atomic mass is 10.1. The maximum atomic E-state index is 12.2. The second-order valence-electron chi connectivity index (χ2n) is 6.75. The molecule has 0 aliphatic carbocycles. The molecule has 0 aliphatic heterocycles. The van der Waals surface area contributed by atoms with E-state index in [2.05, 4.69) is 20.5 Å². The molecule has 8 heteroatoms. The van der Waals surface area contributed by atoms with Crippen LogP contribution in [0.25, 0.3) is 16.9 Å². The third kappa shape index (κ3) is 5.23. The van der Waals surface area contributed by atoms with Crippen LogP contribution in [0.15, 0.2) is 84.4 Å². The average Bonchev–Trinajstić information content (AvgIpc) is 3.33. The molecule has 31 heavy (non-hydrogen) atoms. The number of anilines is 1. The number of carbonyl (C=O) groups is 2. The van der Waals surface area contributed by atoms with E-state index in [9.17, 15) is 9.59 Å². The zero-order valence-corrected chi connectivity index (χ0v) is 17.5. The molecule has 1 N–H and O–H groups in total. The zero-order valence-electron chi connectivity index (χ0n) is 16.7. The predicted molar refractivity (Wildman–Crippen MR) is 120 cm³/mol. The fraction of sp³-hybridized carbons (Fsp3) is 0.0870. The van der Waals surface area contributed by atoms with Crippen molar-refractivity contribution in [1.82, 2.24) is 19.7 Å². The highest BCUT2D eigenvalue weighted by Crippen LogP contribution is 2.21. The molecule has 0 fully saturated rings. The van der Waals surface area contributed by atoms with E-state index >= 15 is 0 Å². The third-order valence-corrected chi connectivity index (χ3v) is 5.43. The van der Waals surface area contributed by atoms with Crippen molar-refractivity contribution in [2.24, 2.45) is 0 Å². The van der Waals surface area contributed by atoms with Crippen molar-refractivity contribution in [1.29, 1.82) is 0 Å². The van der Waals surface area contributed by atoms with Crippen molar-refractivity contribution in [3.63, 3.8) is 0 Å². The van der Waals surface area contributed by atoms with Crippen molar-refractivity contribution in [2.45, 2.75) is 11.9 Å². The lowest BCUT2D eigenvalue weighted by molar-refractivity contribution is -0.113. The van der Waals surface area contributed by atoms with Crippen LogP contribution in [0.4, 0.5) is 5.69 Å². The van der Waals surface area contributed by atoms with Gasteiger partial charge in [-0.15, -0.1) is 10.2 Å². The molecule has 7 nitrogen and oxygen atoms in total. The third-order valence-electron chi connectivity index (χ3n) is 4.51. The van der Waals surface area contributed by atoms with Gasteiger partial charge in [0, 0.05) is 34.9 Å². The number of rotatable bonds is 7. The number of amides is 1. The fourth-order valence-corrected chi connectivity index (χ4v) is 3.53. The van der Waals surface area contributed by atoms with Gasteiger partial charge in [0.05, 0.1) is 17.8 Å². The molecule has 0 bridgehead atoms. The van der Waals surface area contributed by atoms with Gasteiger partial charge in [-0.2, -0.15) is 0 Å². The number of carbonyl (C=O) groups excluding carboxylic acids is 2. The van der Waals surface area contributed by atoms with Crippen LogP contribution in [0, 0.1) is 0 Å². The number of nitrogens with zero attached hydrogens (tertiary/aromatic N) is 4. The number of hydrogen-bond donors (Lipinski definition) is 1. The van der Waals surface area contributed by atoms with Gasteiger partial charge in [-0.3, -0.25) is 9.59 Å². The molecular weight excluding hydrogens is 410 g/mol. The summed E-state index contributed by atoms with van der Waals surface area (Å²) in [4.78, 5) is 27.7. The Morgan fingerprint density at radius 1 is 1.03 bits per heavy atom. The molecule has 0 spiro atoms. The number of thioether (sulfide) groups is 1. The second-order valence-corrected chi connectivity index (χ2v) is 7.74. The van der Waals surface area contributed by atoms with Gasteiger partial charge >= 0.3 is 0 Å². The summed E-state index contributed by atoms with van der Waals surface area (Å²) in [5.74, 6) is -0.0262. The van der Waals surface area contributed by atoms with Crippen molar-refractivity contribution in [3.8, 4) is 16.9 Å². The molecule has 0 radical (unpaired) electrons. The SMILES string of the molecule is CC(=O)c1cccc(NC(=O)CSc2ccc(-c3ccc(-n4ccnc4)cc3)nn2)c1. The summed E-state index contributed by atoms with van der Waals surface area (Å²) in [5, 5.41) is 11.9. The largest absolute Gasteiger partial charge is 0.325 e. The minimum absolute atomic E-state index is 0.0443. The lowest BCUT2D eigenvalue weighted by Gasteiger charge is -2.07. The normalized spacial score (nSPS) is 10.6. The summed E-state index contributed by atoms with van der Waals surface area (Å²) in [6.45, 7) is 1.49. The molecule has 2 aromatic heterocycles. The van der Waals surface area contributed by atoms with Crippen molar-refractivity contribution in [2.75, 3.05) is 11.1 Å². The Labute approximate surface area is 183 Å². The molecule has 4 rings (SSSR count). The van der Waals surface area contributed by atoms with Gasteiger partial charge in [-0.1, -0.05) is 36.0 Å². The molecule has 154 valence electrons. The van der Waals surface area contributed by atoms with E-state index in [4.69, 9.17) is 0 Å². The van der Waals surface area contributed by atoms with Crippen LogP contribution in [0.5, 0.6) is 0 Å². The summed E-state index contributed by atoms with van der Waals surface area (Å²) in [6.07, 6.45) is 5.37. The number of benzene rings is 2. The summed E-state index contributed by atoms with van der Waals surface area (Å²) in [6, 6.07) is 18.6. The van der Waals surface area contributed by atoms with Gasteiger partial charge in [-0.05, 0) is 43.3 Å². The van der Waals surface area contributed by atoms with E-state index in [0.29, 0.717) is 16.3 Å². The van der Waals surface area contributed by atoms with Crippen LogP contribution in [-0.4, -0.2) is 37.2 Å². The summed E-state index contributed by atoms with van der Waals surface area (Å²) >= 11 is 1.30. The number of aromatic nitrogens is 4. The van der Waals surface area contributed by atoms with Crippen molar-refractivity contribution >= 4 is 29.1 Å². The Bertz CT molecular complexity index is 1190. The predicted octanol–water partition coefficient (Wildman–Crippen LogP) is 4.26. The molecule has 0 atom stereocenters. The van der Waals surface area contributed by atoms with Gasteiger partial charge in [0.2, 0.25) is 5.91 Å². The first kappa shape index (κ1) is 20.5. The van der Waals surface area contributed by atoms with Gasteiger partial charge in [-0.25, -0.2) is 4.98 Å². The standard InChI is InChI=1S/C23H19N5O2S/c1-16(29)18-3-2-4-19(13-18)25-22(30)14-31-23-10-9-21(26-27-23)17-5-7-20(8-6-17)28-12-11-24-15-28/h2-13,15H,14H2,1H3,(H,25,30). The second kappa shape index (κ2) is 9.36. The lowest BCUT2D eigenvalue weighted by Crippen LogP contribution is -2.14. The van der Waals surface area contributed by atoms with E-state index in [0.717, 1.165) is 16.9 Å². The van der Waals surface area contributed by atoms with Crippen LogP contribution in [0.2, 0.25) is 0 Å². The Kier molecular flexibility index (Phi) is 6.18. The molecule has 1 amide bonds. The Balaban J connectivity index is 1.34. The molecule has 2 aromatic carbocycles. The highest BCUT2D eigenvalue weighted by atomic mass is 32.2. The van der Waals surface area contributed by atoms with Gasteiger partial charge in [0.15, 0.2) is 5.78 Å². The first-order valence-electron chi connectivity index (χ1n) is 9.54. The summed E-state index contributed by atoms with van der Waals surface area (Å²) in [7, 11) is 0. The van der Waals surface area contributed by atoms with Gasteiger partial charge in [0.25, 0.3) is 0 Å². The minimum Gasteiger partial charge on any atom is -0.325 e. The molecule has 0 unspecified atom stereocenters. The fourth-order valence-electron chi connectivity index (χ4n) is 2.92. The first-order chi connectivity index (χ1) is 15.1. The number of ketones is 1. The van der Waals surface area contributed by atoms with Crippen molar-refractivity contribution in [3.05, 3.63) is 84.9 Å². The summed E-state index contributed by atoms with van der Waals surface area (Å²) in [5.41, 5.74) is 3.88. The van der Waals surface area contributed by atoms with Crippen LogP contribution in [-0.2, 0) is 4.79 Å². The minimum atomic E-state index is -0.174. The Hall–Kier alpha value is -3.78. The molecule has 0 aliphatic rings. The Morgan fingerprint density at radius 3 is 2.55 bits per heavy atom. The maximum absolute atomic E-state index is 12.2. The number of hydrogen-bond acceptors (Lipinski definition) is 6. The van der Waals surface area contributed by atoms with Crippen LogP contribution in [0.3, 0.4) is 0 Å². The quantitative estimate of drug-likeness (QED) is 0.349.